The Kier molecular flexibility index (Phi) is 3.72. The zero-order chi connectivity index (χ0) is 16.5. The van der Waals surface area contributed by atoms with Crippen LogP contribution in [0.1, 0.15) is 6.92 Å². The highest BCUT2D eigenvalue weighted by atomic mass is 19.1. The van der Waals surface area contributed by atoms with Gasteiger partial charge in [-0.1, -0.05) is 5.21 Å². The van der Waals surface area contributed by atoms with Gasteiger partial charge in [-0.3, -0.25) is 0 Å². The van der Waals surface area contributed by atoms with Crippen molar-refractivity contribution in [1.82, 2.24) is 25.0 Å². The molecule has 0 atom stereocenters. The molecule has 1 aliphatic heterocycles. The number of aryl methyl sites for hydroxylation is 1. The molecule has 0 N–H and O–H groups in total. The highest BCUT2D eigenvalue weighted by molar-refractivity contribution is 5.82. The van der Waals surface area contributed by atoms with E-state index >= 15 is 0 Å². The van der Waals surface area contributed by atoms with Gasteiger partial charge in [0.2, 0.25) is 0 Å². The largest absolute Gasteiger partial charge is 0.368 e. The third-order valence-electron chi connectivity index (χ3n) is 4.35. The third-order valence-corrected chi connectivity index (χ3v) is 4.35. The summed E-state index contributed by atoms with van der Waals surface area (Å²) in [6.45, 7) is 6.08. The number of hydrogen-bond donors (Lipinski definition) is 0. The summed E-state index contributed by atoms with van der Waals surface area (Å²) in [6, 6.07) is 6.64. The molecule has 0 amide bonds. The minimum atomic E-state index is -0.209. The highest BCUT2D eigenvalue weighted by Gasteiger charge is 2.22. The number of halogens is 1. The Balaban J connectivity index is 1.54. The SMILES string of the molecule is CCn1nnc2c(N3CCN(c4ccc(F)cc4)CC3)ncnc21. The molecule has 7 nitrogen and oxygen atoms in total. The van der Waals surface area contributed by atoms with Crippen LogP contribution in [0.2, 0.25) is 0 Å². The molecule has 124 valence electrons. The van der Waals surface area contributed by atoms with Crippen molar-refractivity contribution in [3.63, 3.8) is 0 Å². The number of benzene rings is 1. The Labute approximate surface area is 138 Å². The van der Waals surface area contributed by atoms with Crippen molar-refractivity contribution < 1.29 is 4.39 Å². The molecule has 1 saturated heterocycles. The van der Waals surface area contributed by atoms with Gasteiger partial charge in [-0.15, -0.1) is 5.10 Å². The molecule has 8 heteroatoms. The second-order valence-electron chi connectivity index (χ2n) is 5.73. The fraction of sp³-hybridized carbons (Fsp3) is 0.375. The molecule has 0 aliphatic carbocycles. The van der Waals surface area contributed by atoms with E-state index in [0.29, 0.717) is 0 Å². The number of anilines is 2. The lowest BCUT2D eigenvalue weighted by Gasteiger charge is -2.36. The molecule has 0 bridgehead atoms. The smallest absolute Gasteiger partial charge is 0.183 e. The van der Waals surface area contributed by atoms with Crippen molar-refractivity contribution in [1.29, 1.82) is 0 Å². The maximum absolute atomic E-state index is 13.1. The fourth-order valence-corrected chi connectivity index (χ4v) is 3.05. The molecule has 1 fully saturated rings. The summed E-state index contributed by atoms with van der Waals surface area (Å²) in [4.78, 5) is 13.2. The van der Waals surface area contributed by atoms with Gasteiger partial charge in [-0.25, -0.2) is 19.0 Å². The van der Waals surface area contributed by atoms with Gasteiger partial charge in [0.15, 0.2) is 17.0 Å². The van der Waals surface area contributed by atoms with Crippen LogP contribution in [0.3, 0.4) is 0 Å². The van der Waals surface area contributed by atoms with Crippen LogP contribution in [0.15, 0.2) is 30.6 Å². The van der Waals surface area contributed by atoms with Crippen LogP contribution in [0.4, 0.5) is 15.9 Å². The summed E-state index contributed by atoms with van der Waals surface area (Å²) < 4.78 is 14.8. The van der Waals surface area contributed by atoms with E-state index in [1.807, 2.05) is 19.1 Å². The molecule has 0 radical (unpaired) electrons. The van der Waals surface area contributed by atoms with Crippen LogP contribution in [-0.4, -0.2) is 51.1 Å². The Bertz CT molecular complexity index is 837. The van der Waals surface area contributed by atoms with E-state index < -0.39 is 0 Å². The first-order valence-corrected chi connectivity index (χ1v) is 8.06. The molecule has 1 aliphatic rings. The number of fused-ring (bicyclic) bond motifs is 1. The lowest BCUT2D eigenvalue weighted by atomic mass is 10.2. The summed E-state index contributed by atoms with van der Waals surface area (Å²) in [5.41, 5.74) is 2.55. The summed E-state index contributed by atoms with van der Waals surface area (Å²) >= 11 is 0. The molecule has 1 aromatic carbocycles. The van der Waals surface area contributed by atoms with Crippen molar-refractivity contribution in [3.8, 4) is 0 Å². The third kappa shape index (κ3) is 2.53. The van der Waals surface area contributed by atoms with E-state index in [0.717, 1.165) is 55.4 Å². The van der Waals surface area contributed by atoms with Crippen LogP contribution < -0.4 is 9.80 Å². The number of nitrogens with zero attached hydrogens (tertiary/aromatic N) is 7. The van der Waals surface area contributed by atoms with Crippen LogP contribution in [0.25, 0.3) is 11.2 Å². The number of rotatable bonds is 3. The van der Waals surface area contributed by atoms with E-state index in [4.69, 9.17) is 0 Å². The van der Waals surface area contributed by atoms with E-state index in [9.17, 15) is 4.39 Å². The fourth-order valence-electron chi connectivity index (χ4n) is 3.05. The van der Waals surface area contributed by atoms with Crippen molar-refractivity contribution in [2.24, 2.45) is 0 Å². The van der Waals surface area contributed by atoms with E-state index in [-0.39, 0.29) is 5.82 Å². The van der Waals surface area contributed by atoms with Gasteiger partial charge in [0.1, 0.15) is 12.1 Å². The normalized spacial score (nSPS) is 15.2. The molecule has 2 aromatic heterocycles. The standard InChI is InChI=1S/C16H18FN7/c1-2-24-16-14(20-21-24)15(18-11-19-16)23-9-7-22(8-10-23)13-5-3-12(17)4-6-13/h3-6,11H,2,7-10H2,1H3. The first-order valence-electron chi connectivity index (χ1n) is 8.06. The van der Waals surface area contributed by atoms with E-state index in [1.165, 1.54) is 12.1 Å². The van der Waals surface area contributed by atoms with Crippen molar-refractivity contribution in [2.75, 3.05) is 36.0 Å². The van der Waals surface area contributed by atoms with Gasteiger partial charge in [-0.05, 0) is 31.2 Å². The predicted octanol–water partition coefficient (Wildman–Crippen LogP) is 1.71. The van der Waals surface area contributed by atoms with Gasteiger partial charge in [-0.2, -0.15) is 0 Å². The summed E-state index contributed by atoms with van der Waals surface area (Å²) in [5.74, 6) is 0.623. The Hall–Kier alpha value is -2.77. The molecule has 3 aromatic rings. The molecule has 24 heavy (non-hydrogen) atoms. The monoisotopic (exact) mass is 327 g/mol. The summed E-state index contributed by atoms with van der Waals surface area (Å²) in [6.07, 6.45) is 1.57. The van der Waals surface area contributed by atoms with Crippen molar-refractivity contribution in [2.45, 2.75) is 13.5 Å². The Morgan fingerprint density at radius 2 is 1.71 bits per heavy atom. The van der Waals surface area contributed by atoms with E-state index in [2.05, 4.69) is 30.1 Å². The second-order valence-corrected chi connectivity index (χ2v) is 5.73. The maximum atomic E-state index is 13.1. The Morgan fingerprint density at radius 3 is 2.42 bits per heavy atom. The molecule has 0 unspecified atom stereocenters. The van der Waals surface area contributed by atoms with E-state index in [1.54, 1.807) is 11.0 Å². The zero-order valence-electron chi connectivity index (χ0n) is 13.4. The zero-order valence-corrected chi connectivity index (χ0v) is 13.4. The molecule has 4 rings (SSSR count). The Morgan fingerprint density at radius 1 is 1.00 bits per heavy atom. The quantitative estimate of drug-likeness (QED) is 0.730. The predicted molar refractivity (Wildman–Crippen MR) is 89.6 cm³/mol. The second kappa shape index (κ2) is 6.03. The van der Waals surface area contributed by atoms with Crippen LogP contribution >= 0.6 is 0 Å². The number of piperazine rings is 1. The molecule has 0 saturated carbocycles. The molecule has 0 spiro atoms. The first kappa shape index (κ1) is 14.8. The minimum Gasteiger partial charge on any atom is -0.368 e. The number of hydrogen-bond acceptors (Lipinski definition) is 6. The van der Waals surface area contributed by atoms with Crippen LogP contribution in [0, 0.1) is 5.82 Å². The summed E-state index contributed by atoms with van der Waals surface area (Å²) in [7, 11) is 0. The van der Waals surface area contributed by atoms with Gasteiger partial charge in [0, 0.05) is 38.4 Å². The van der Waals surface area contributed by atoms with Gasteiger partial charge in [0.05, 0.1) is 0 Å². The molecule has 3 heterocycles. The average molecular weight is 327 g/mol. The van der Waals surface area contributed by atoms with Crippen LogP contribution in [-0.2, 0) is 6.54 Å². The first-order chi connectivity index (χ1) is 11.8. The molecular weight excluding hydrogens is 309 g/mol. The molecular formula is C16H18FN7. The minimum absolute atomic E-state index is 0.209. The van der Waals surface area contributed by atoms with Gasteiger partial charge < -0.3 is 9.80 Å². The summed E-state index contributed by atoms with van der Waals surface area (Å²) in [5, 5.41) is 8.37. The lowest BCUT2D eigenvalue weighted by Crippen LogP contribution is -2.47. The van der Waals surface area contributed by atoms with Crippen molar-refractivity contribution >= 4 is 22.7 Å². The lowest BCUT2D eigenvalue weighted by molar-refractivity contribution is 0.624. The van der Waals surface area contributed by atoms with Gasteiger partial charge >= 0.3 is 0 Å². The maximum Gasteiger partial charge on any atom is 0.183 e. The highest BCUT2D eigenvalue weighted by Crippen LogP contribution is 2.23. The topological polar surface area (TPSA) is 63.0 Å². The number of aromatic nitrogens is 5. The van der Waals surface area contributed by atoms with Crippen LogP contribution in [0.5, 0.6) is 0 Å². The average Bonchev–Trinajstić information content (AvgIpc) is 3.06. The van der Waals surface area contributed by atoms with Gasteiger partial charge in [0.25, 0.3) is 0 Å². The van der Waals surface area contributed by atoms with Crippen molar-refractivity contribution in [3.05, 3.63) is 36.4 Å².